The van der Waals surface area contributed by atoms with E-state index in [1.807, 2.05) is 67.3 Å². The number of carbonyl (C=O) groups excluding carboxylic acids is 4. The van der Waals surface area contributed by atoms with E-state index in [-0.39, 0.29) is 31.8 Å². The lowest BCUT2D eigenvalue weighted by molar-refractivity contribution is -0.142. The van der Waals surface area contributed by atoms with Crippen LogP contribution in [0.15, 0.2) is 85.2 Å². The number of likely N-dealkylation sites (tertiary alicyclic amines) is 1. The third kappa shape index (κ3) is 12.0. The fraction of sp³-hybridized carbons (Fsp3) is 0.415. The molecule has 4 aliphatic heterocycles. The van der Waals surface area contributed by atoms with Gasteiger partial charge < -0.3 is 40.9 Å². The number of fused-ring (bicyclic) bond motifs is 4. The number of hydrogen-bond acceptors (Lipinski definition) is 10. The van der Waals surface area contributed by atoms with Crippen LogP contribution in [-0.4, -0.2) is 127 Å². The minimum atomic E-state index is -1.07. The number of aromatic nitrogens is 4. The second-order valence-corrected chi connectivity index (χ2v) is 18.5. The van der Waals surface area contributed by atoms with Gasteiger partial charge in [0.25, 0.3) is 0 Å². The molecular weight excluding hydrogens is 889 g/mol. The molecule has 17 nitrogen and oxygen atoms in total. The lowest BCUT2D eigenvalue weighted by Crippen LogP contribution is -2.54. The van der Waals surface area contributed by atoms with Gasteiger partial charge in [0.05, 0.1) is 43.4 Å². The summed E-state index contributed by atoms with van der Waals surface area (Å²) >= 11 is 0. The average molecular weight is 955 g/mol. The molecule has 0 radical (unpaired) electrons. The minimum absolute atomic E-state index is 0. The van der Waals surface area contributed by atoms with Crippen LogP contribution >= 0.6 is 0 Å². The molecular formula is C53H66N10O7. The van der Waals surface area contributed by atoms with Gasteiger partial charge in [0.15, 0.2) is 0 Å². The number of carboxylic acids is 1. The Balaban J connectivity index is 0.000000172. The highest BCUT2D eigenvalue weighted by molar-refractivity contribution is 5.86. The number of hydrogen-bond donors (Lipinski definition) is 6. The molecule has 0 bridgehead atoms. The number of esters is 1. The van der Waals surface area contributed by atoms with E-state index in [9.17, 15) is 29.1 Å². The zero-order valence-electron chi connectivity index (χ0n) is 39.5. The van der Waals surface area contributed by atoms with Crippen LogP contribution in [0.1, 0.15) is 77.6 Å². The van der Waals surface area contributed by atoms with E-state index in [0.29, 0.717) is 63.7 Å². The van der Waals surface area contributed by atoms with Gasteiger partial charge >= 0.3 is 18.0 Å². The summed E-state index contributed by atoms with van der Waals surface area (Å²) in [5, 5.41) is 31.6. The van der Waals surface area contributed by atoms with Gasteiger partial charge in [0.2, 0.25) is 11.8 Å². The second-order valence-electron chi connectivity index (χ2n) is 18.5. The fourth-order valence-corrected chi connectivity index (χ4v) is 10.0. The van der Waals surface area contributed by atoms with E-state index in [0.717, 1.165) is 82.1 Å². The van der Waals surface area contributed by atoms with E-state index >= 15 is 0 Å². The normalized spacial score (nSPS) is 16.9. The number of carboxylic acid groups (broad SMARTS) is 1. The predicted octanol–water partition coefficient (Wildman–Crippen LogP) is 5.50. The summed E-state index contributed by atoms with van der Waals surface area (Å²) in [4.78, 5) is 66.6. The Morgan fingerprint density at radius 1 is 0.743 bits per heavy atom. The van der Waals surface area contributed by atoms with E-state index in [1.165, 1.54) is 23.8 Å². The maximum Gasteiger partial charge on any atom is 0.326 e. The number of aromatic amines is 2. The maximum absolute atomic E-state index is 12.9. The smallest absolute Gasteiger partial charge is 0.326 e. The van der Waals surface area contributed by atoms with Crippen molar-refractivity contribution in [2.24, 2.45) is 5.73 Å². The molecule has 2 aromatic heterocycles. The summed E-state index contributed by atoms with van der Waals surface area (Å²) in [7, 11) is 1.34. The number of ether oxygens (including phenoxy) is 1. The van der Waals surface area contributed by atoms with Crippen molar-refractivity contribution in [3.8, 4) is 0 Å². The first-order chi connectivity index (χ1) is 33.3. The number of piperidine rings is 2. The van der Waals surface area contributed by atoms with Crippen molar-refractivity contribution in [1.29, 1.82) is 0 Å². The standard InChI is InChI=1S/C26H29N5O4.C14H18N2O.C12H15N3O2.CH4/c1-16-10-17(11-20-14-27-29-24(16)20)12-22(25(33)34)28-26(35)30-8-6-21(7-9-30)31-15-19-5-3-2-4-18(19)13-23(31)32;17-14-9-11-3-1-2-4-12(11)10-16(14)13-5-7-15-8-6-13;1-7-3-8(5-10(13)12(16)17-2)4-9-6-14-15-11(7)9;/h2-5,10-11,14,21-22H,6-9,12-13,15H2,1H3,(H,27,29)(H,28,35)(H,33,34);1-4,13,15H,5-10H2;3-4,6,10H,5,13H2,1-2H3,(H,14,15);1H4/t22-;;10-;/m1.1./s1. The first-order valence-corrected chi connectivity index (χ1v) is 23.7. The molecule has 2 atom stereocenters. The molecule has 4 amide bonds. The number of nitrogens with zero attached hydrogens (tertiary/aromatic N) is 5. The Morgan fingerprint density at radius 3 is 1.70 bits per heavy atom. The first-order valence-electron chi connectivity index (χ1n) is 23.7. The van der Waals surface area contributed by atoms with E-state index in [1.54, 1.807) is 17.3 Å². The highest BCUT2D eigenvalue weighted by Gasteiger charge is 2.34. The lowest BCUT2D eigenvalue weighted by atomic mass is 9.95. The summed E-state index contributed by atoms with van der Waals surface area (Å²) in [6, 6.07) is 22.6. The van der Waals surface area contributed by atoms with Crippen molar-refractivity contribution in [3.63, 3.8) is 0 Å². The number of urea groups is 1. The number of methoxy groups -OCH3 is 1. The van der Waals surface area contributed by atoms with Crippen molar-refractivity contribution in [1.82, 2.24) is 45.7 Å². The Kier molecular flexibility index (Phi) is 16.7. The number of rotatable bonds is 9. The number of carbonyl (C=O) groups is 5. The third-order valence-electron chi connectivity index (χ3n) is 13.8. The number of nitrogens with one attached hydrogen (secondary N) is 4. The number of amides is 4. The van der Waals surface area contributed by atoms with E-state index in [4.69, 9.17) is 5.73 Å². The van der Waals surface area contributed by atoms with Crippen molar-refractivity contribution in [2.75, 3.05) is 33.3 Å². The molecule has 0 unspecified atom stereocenters. The largest absolute Gasteiger partial charge is 0.480 e. The number of nitrogens with two attached hydrogens (primary N) is 1. The monoisotopic (exact) mass is 955 g/mol. The molecule has 4 aliphatic rings. The minimum Gasteiger partial charge on any atom is -0.480 e. The molecule has 17 heteroatoms. The molecule has 0 aliphatic carbocycles. The van der Waals surface area contributed by atoms with Gasteiger partial charge in [-0.2, -0.15) is 10.2 Å². The molecule has 4 aromatic carbocycles. The molecule has 0 saturated carbocycles. The van der Waals surface area contributed by atoms with Gasteiger partial charge in [-0.05, 0) is 116 Å². The summed E-state index contributed by atoms with van der Waals surface area (Å²) in [5.74, 6) is -1.04. The van der Waals surface area contributed by atoms with E-state index in [2.05, 4.69) is 64.9 Å². The van der Waals surface area contributed by atoms with Crippen molar-refractivity contribution >= 4 is 51.6 Å². The molecule has 6 heterocycles. The molecule has 10 rings (SSSR count). The highest BCUT2D eigenvalue weighted by atomic mass is 16.5. The zero-order valence-corrected chi connectivity index (χ0v) is 39.5. The van der Waals surface area contributed by atoms with Crippen LogP contribution in [0, 0.1) is 13.8 Å². The Bertz CT molecular complexity index is 2810. The fourth-order valence-electron chi connectivity index (χ4n) is 10.0. The quantitative estimate of drug-likeness (QED) is 0.0992. The molecule has 2 saturated heterocycles. The molecule has 370 valence electrons. The van der Waals surface area contributed by atoms with Crippen LogP contribution < -0.4 is 16.4 Å². The summed E-state index contributed by atoms with van der Waals surface area (Å²) in [6.07, 6.45) is 8.65. The average Bonchev–Trinajstić information content (AvgIpc) is 4.05. The summed E-state index contributed by atoms with van der Waals surface area (Å²) in [6.45, 7) is 8.38. The molecule has 70 heavy (non-hydrogen) atoms. The highest BCUT2D eigenvalue weighted by Crippen LogP contribution is 2.27. The third-order valence-corrected chi connectivity index (χ3v) is 13.8. The summed E-state index contributed by atoms with van der Waals surface area (Å²) < 4.78 is 4.60. The van der Waals surface area contributed by atoms with Crippen molar-refractivity contribution in [3.05, 3.63) is 130 Å². The number of benzene rings is 4. The molecule has 0 spiro atoms. The van der Waals surface area contributed by atoms with Crippen LogP contribution in [0.5, 0.6) is 0 Å². The van der Waals surface area contributed by atoms with Gasteiger partial charge in [-0.1, -0.05) is 68.1 Å². The Labute approximate surface area is 408 Å². The van der Waals surface area contributed by atoms with Crippen LogP contribution in [-0.2, 0) is 62.7 Å². The van der Waals surface area contributed by atoms with Gasteiger partial charge in [-0.15, -0.1) is 0 Å². The van der Waals surface area contributed by atoms with Gasteiger partial charge in [0, 0.05) is 55.5 Å². The Hall–Kier alpha value is -7.11. The SMILES string of the molecule is C.COC(=O)[C@H](N)Cc1cc(C)c2[nH]ncc2c1.Cc1cc(C[C@@H](NC(=O)N2CCC(N3Cc4ccccc4CC3=O)CC2)C(=O)O)cc2cn[nH]c12.O=C1Cc2ccccc2CN1C1CCNCC1. The number of aliphatic carboxylic acids is 1. The molecule has 2 fully saturated rings. The van der Waals surface area contributed by atoms with E-state index < -0.39 is 24.0 Å². The van der Waals surface area contributed by atoms with Crippen molar-refractivity contribution < 1.29 is 33.8 Å². The zero-order chi connectivity index (χ0) is 48.6. The van der Waals surface area contributed by atoms with Gasteiger partial charge in [-0.25, -0.2) is 9.59 Å². The van der Waals surface area contributed by atoms with Gasteiger partial charge in [-0.3, -0.25) is 24.6 Å². The molecule has 7 N–H and O–H groups in total. The maximum atomic E-state index is 12.9. The molecule has 6 aromatic rings. The topological polar surface area (TPSA) is 232 Å². The van der Waals surface area contributed by atoms with Crippen LogP contribution in [0.4, 0.5) is 4.79 Å². The second kappa shape index (κ2) is 23.0. The van der Waals surface area contributed by atoms with Gasteiger partial charge in [0.1, 0.15) is 12.1 Å². The Morgan fingerprint density at radius 2 is 1.21 bits per heavy atom. The van der Waals surface area contributed by atoms with Crippen LogP contribution in [0.25, 0.3) is 21.8 Å². The predicted molar refractivity (Wildman–Crippen MR) is 268 cm³/mol. The number of aryl methyl sites for hydroxylation is 2. The lowest BCUT2D eigenvalue weighted by Gasteiger charge is -2.40. The summed E-state index contributed by atoms with van der Waals surface area (Å²) in [5.41, 5.74) is 16.4. The van der Waals surface area contributed by atoms with Crippen LogP contribution in [0.3, 0.4) is 0 Å². The van der Waals surface area contributed by atoms with Crippen LogP contribution in [0.2, 0.25) is 0 Å². The first kappa shape index (κ1) is 50.8. The van der Waals surface area contributed by atoms with Crippen molar-refractivity contribution in [2.45, 2.75) is 110 Å². The number of H-pyrrole nitrogens is 2.